The molecular weight excluding hydrogens is 430 g/mol. The first-order chi connectivity index (χ1) is 15.1. The van der Waals surface area contributed by atoms with E-state index < -0.39 is 0 Å². The fourth-order valence-corrected chi connectivity index (χ4v) is 6.24. The van der Waals surface area contributed by atoms with Gasteiger partial charge in [0.25, 0.3) is 5.56 Å². The van der Waals surface area contributed by atoms with E-state index in [4.69, 9.17) is 4.98 Å². The van der Waals surface area contributed by atoms with E-state index in [2.05, 4.69) is 45.8 Å². The largest absolute Gasteiger partial charge is 0.330 e. The Morgan fingerprint density at radius 3 is 2.87 bits per heavy atom. The second-order valence-electron chi connectivity index (χ2n) is 7.96. The van der Waals surface area contributed by atoms with Crippen LogP contribution in [0.2, 0.25) is 0 Å². The number of hydrogen-bond donors (Lipinski definition) is 1. The number of aryl methyl sites for hydroxylation is 2. The number of aromatic nitrogens is 4. The quantitative estimate of drug-likeness (QED) is 0.483. The maximum Gasteiger partial charge on any atom is 0.330 e. The van der Waals surface area contributed by atoms with Crippen molar-refractivity contribution in [3.8, 4) is 0 Å². The number of unbranched alkanes of at least 4 members (excludes halogenated alkanes) is 1. The van der Waals surface area contributed by atoms with Gasteiger partial charge in [0, 0.05) is 29.9 Å². The number of nitrogens with zero attached hydrogens (tertiary/aromatic N) is 4. The zero-order valence-corrected chi connectivity index (χ0v) is 19.3. The third-order valence-corrected chi connectivity index (χ3v) is 7.99. The Bertz CT molecular complexity index is 1330. The molecule has 1 aliphatic heterocycles. The van der Waals surface area contributed by atoms with Crippen molar-refractivity contribution in [2.75, 3.05) is 6.54 Å². The number of aromatic amines is 1. The third kappa shape index (κ3) is 3.50. The topological polar surface area (TPSA) is 75.9 Å². The van der Waals surface area contributed by atoms with Gasteiger partial charge in [0.2, 0.25) is 0 Å². The van der Waals surface area contributed by atoms with Crippen molar-refractivity contribution in [3.05, 3.63) is 70.9 Å². The molecule has 5 rings (SSSR count). The van der Waals surface area contributed by atoms with Crippen molar-refractivity contribution in [2.45, 2.75) is 45.3 Å². The molecule has 31 heavy (non-hydrogen) atoms. The number of fused-ring (bicyclic) bond motifs is 2. The van der Waals surface area contributed by atoms with Crippen LogP contribution in [0.1, 0.15) is 46.9 Å². The van der Waals surface area contributed by atoms with Crippen LogP contribution in [-0.4, -0.2) is 30.5 Å². The molecule has 4 aromatic heterocycles. The maximum atomic E-state index is 12.6. The zero-order valence-electron chi connectivity index (χ0n) is 17.6. The van der Waals surface area contributed by atoms with E-state index >= 15 is 0 Å². The van der Waals surface area contributed by atoms with E-state index in [1.54, 1.807) is 15.9 Å². The number of rotatable bonds is 6. The monoisotopic (exact) mass is 455 g/mol. The van der Waals surface area contributed by atoms with Crippen molar-refractivity contribution in [1.82, 2.24) is 24.0 Å². The highest BCUT2D eigenvalue weighted by Crippen LogP contribution is 2.40. The molecule has 0 bridgehead atoms. The lowest BCUT2D eigenvalue weighted by Gasteiger charge is -2.35. The minimum Gasteiger partial charge on any atom is -0.324 e. The highest BCUT2D eigenvalue weighted by atomic mass is 32.1. The van der Waals surface area contributed by atoms with Crippen molar-refractivity contribution in [2.24, 2.45) is 7.05 Å². The summed E-state index contributed by atoms with van der Waals surface area (Å²) in [7, 11) is 1.87. The Hall–Kier alpha value is -2.49. The molecule has 0 aliphatic carbocycles. The predicted octanol–water partition coefficient (Wildman–Crippen LogP) is 3.49. The minimum absolute atomic E-state index is 0.190. The molecule has 162 valence electrons. The zero-order chi connectivity index (χ0) is 21.5. The molecule has 0 saturated heterocycles. The highest BCUT2D eigenvalue weighted by Gasteiger charge is 2.31. The molecule has 5 heterocycles. The number of H-pyrrole nitrogens is 1. The second-order valence-corrected chi connectivity index (χ2v) is 9.94. The molecule has 0 spiro atoms. The predicted molar refractivity (Wildman–Crippen MR) is 125 cm³/mol. The summed E-state index contributed by atoms with van der Waals surface area (Å²) in [4.78, 5) is 37.5. The van der Waals surface area contributed by atoms with Gasteiger partial charge < -0.3 is 4.57 Å². The van der Waals surface area contributed by atoms with E-state index in [9.17, 15) is 9.59 Å². The normalized spacial score (nSPS) is 16.8. The molecule has 9 heteroatoms. The second kappa shape index (κ2) is 8.22. The molecule has 0 fully saturated rings. The molecule has 0 aromatic carbocycles. The summed E-state index contributed by atoms with van der Waals surface area (Å²) in [6, 6.07) is 6.71. The molecule has 1 atom stereocenters. The Balaban J connectivity index is 1.57. The molecule has 1 N–H and O–H groups in total. The van der Waals surface area contributed by atoms with Gasteiger partial charge in [0.15, 0.2) is 11.2 Å². The molecule has 1 aliphatic rings. The van der Waals surface area contributed by atoms with Gasteiger partial charge in [-0.05, 0) is 41.3 Å². The fraction of sp³-hybridized carbons (Fsp3) is 0.409. The van der Waals surface area contributed by atoms with Gasteiger partial charge in [-0.2, -0.15) is 0 Å². The Morgan fingerprint density at radius 1 is 1.23 bits per heavy atom. The van der Waals surface area contributed by atoms with Crippen LogP contribution in [0, 0.1) is 0 Å². The molecule has 0 saturated carbocycles. The van der Waals surface area contributed by atoms with Gasteiger partial charge in [-0.15, -0.1) is 22.7 Å². The molecule has 0 amide bonds. The number of thiophene rings is 2. The average molecular weight is 456 g/mol. The van der Waals surface area contributed by atoms with Gasteiger partial charge in [-0.25, -0.2) is 9.78 Å². The third-order valence-electron chi connectivity index (χ3n) is 6.06. The Morgan fingerprint density at radius 2 is 2.10 bits per heavy atom. The lowest BCUT2D eigenvalue weighted by molar-refractivity contribution is 0.202. The van der Waals surface area contributed by atoms with Crippen molar-refractivity contribution in [1.29, 1.82) is 0 Å². The Labute approximate surface area is 187 Å². The highest BCUT2D eigenvalue weighted by molar-refractivity contribution is 7.10. The van der Waals surface area contributed by atoms with Gasteiger partial charge in [0.05, 0.1) is 12.6 Å². The molecular formula is C22H25N5O2S2. The van der Waals surface area contributed by atoms with Crippen LogP contribution < -0.4 is 11.2 Å². The minimum atomic E-state index is -0.382. The van der Waals surface area contributed by atoms with Gasteiger partial charge in [-0.1, -0.05) is 19.4 Å². The van der Waals surface area contributed by atoms with Crippen LogP contribution in [0.25, 0.3) is 11.2 Å². The van der Waals surface area contributed by atoms with Crippen LogP contribution in [0.3, 0.4) is 0 Å². The lowest BCUT2D eigenvalue weighted by atomic mass is 9.98. The van der Waals surface area contributed by atoms with Crippen LogP contribution in [0.5, 0.6) is 0 Å². The molecule has 1 unspecified atom stereocenters. The number of hydrogen-bond acceptors (Lipinski definition) is 6. The first-order valence-electron chi connectivity index (χ1n) is 10.6. The molecule has 4 aromatic rings. The van der Waals surface area contributed by atoms with Gasteiger partial charge in [-0.3, -0.25) is 19.2 Å². The number of imidazole rings is 1. The fourth-order valence-electron chi connectivity index (χ4n) is 4.46. The van der Waals surface area contributed by atoms with Crippen molar-refractivity contribution < 1.29 is 0 Å². The van der Waals surface area contributed by atoms with Crippen LogP contribution in [0.15, 0.2) is 38.5 Å². The average Bonchev–Trinajstić information content (AvgIpc) is 3.49. The first kappa shape index (κ1) is 20.4. The summed E-state index contributed by atoms with van der Waals surface area (Å²) in [6.45, 7) is 4.18. The molecule has 0 radical (unpaired) electrons. The standard InChI is InChI=1S/C22H25N5O2S2/c1-3-4-9-27-20-19(21(28)24-22(27)29)25(2)17(23-20)13-26-10-7-15-14(8-12-31-15)18(26)16-6-5-11-30-16/h5-6,8,11-12,18H,3-4,7,9-10,13H2,1-2H3,(H,24,28,29). The van der Waals surface area contributed by atoms with E-state index in [0.29, 0.717) is 24.3 Å². The van der Waals surface area contributed by atoms with Crippen LogP contribution in [-0.2, 0) is 26.6 Å². The summed E-state index contributed by atoms with van der Waals surface area (Å²) >= 11 is 3.60. The van der Waals surface area contributed by atoms with E-state index in [1.165, 1.54) is 15.3 Å². The molecule has 7 nitrogen and oxygen atoms in total. The van der Waals surface area contributed by atoms with Crippen molar-refractivity contribution >= 4 is 33.8 Å². The van der Waals surface area contributed by atoms with Crippen LogP contribution in [0.4, 0.5) is 0 Å². The van der Waals surface area contributed by atoms with Crippen molar-refractivity contribution in [3.63, 3.8) is 0 Å². The lowest BCUT2D eigenvalue weighted by Crippen LogP contribution is -2.35. The maximum absolute atomic E-state index is 12.6. The summed E-state index contributed by atoms with van der Waals surface area (Å²) in [6.07, 6.45) is 2.84. The van der Waals surface area contributed by atoms with Gasteiger partial charge in [0.1, 0.15) is 5.82 Å². The van der Waals surface area contributed by atoms with E-state index in [1.807, 2.05) is 23.0 Å². The van der Waals surface area contributed by atoms with E-state index in [0.717, 1.165) is 31.6 Å². The summed E-state index contributed by atoms with van der Waals surface area (Å²) in [5, 5.41) is 4.30. The summed E-state index contributed by atoms with van der Waals surface area (Å²) < 4.78 is 3.46. The van der Waals surface area contributed by atoms with Crippen LogP contribution >= 0.6 is 22.7 Å². The Kier molecular flexibility index (Phi) is 5.41. The SMILES string of the molecule is CCCCn1c(=O)[nH]c(=O)c2c1nc(CN1CCc3sccc3C1c1cccs1)n2C. The smallest absolute Gasteiger partial charge is 0.324 e. The number of nitrogens with one attached hydrogen (secondary N) is 1. The summed E-state index contributed by atoms with van der Waals surface area (Å²) in [5.74, 6) is 0.802. The van der Waals surface area contributed by atoms with Gasteiger partial charge >= 0.3 is 5.69 Å². The van der Waals surface area contributed by atoms with E-state index in [-0.39, 0.29) is 17.3 Å². The summed E-state index contributed by atoms with van der Waals surface area (Å²) in [5.41, 5.74) is 1.57. The first-order valence-corrected chi connectivity index (χ1v) is 12.4.